The van der Waals surface area contributed by atoms with Crippen molar-refractivity contribution in [3.63, 3.8) is 0 Å². The Morgan fingerprint density at radius 1 is 0.966 bits per heavy atom. The lowest BCUT2D eigenvalue weighted by Gasteiger charge is -2.10. The molecule has 7 heteroatoms. The molecule has 4 rings (SSSR count). The maximum atomic E-state index is 10.0. The first kappa shape index (κ1) is 19.2. The average Bonchev–Trinajstić information content (AvgIpc) is 2.72. The number of aromatic nitrogens is 2. The van der Waals surface area contributed by atoms with Gasteiger partial charge in [0.2, 0.25) is 0 Å². The first-order valence-corrected chi connectivity index (χ1v) is 9.59. The van der Waals surface area contributed by atoms with Crippen LogP contribution in [0, 0.1) is 0 Å². The van der Waals surface area contributed by atoms with E-state index in [1.165, 1.54) is 0 Å². The molecule has 1 aromatic heterocycles. The summed E-state index contributed by atoms with van der Waals surface area (Å²) in [5.74, 6) is 1.16. The molecule has 0 saturated carbocycles. The quantitative estimate of drug-likeness (QED) is 0.305. The van der Waals surface area contributed by atoms with Crippen LogP contribution in [0.2, 0.25) is 10.0 Å². The van der Waals surface area contributed by atoms with Crippen LogP contribution in [0.4, 0.5) is 5.82 Å². The zero-order valence-corrected chi connectivity index (χ0v) is 16.9. The van der Waals surface area contributed by atoms with Crippen molar-refractivity contribution < 1.29 is 5.11 Å². The molecule has 29 heavy (non-hydrogen) atoms. The number of phenolic OH excluding ortho intramolecular Hbond substituents is 1. The number of para-hydroxylation sites is 2. The molecule has 1 heterocycles. The molecule has 0 amide bonds. The molecular weight excluding hydrogens is 407 g/mol. The van der Waals surface area contributed by atoms with Crippen molar-refractivity contribution in [2.75, 3.05) is 5.43 Å². The fraction of sp³-hybridized carbons (Fsp3) is 0.0455. The number of hydrogen-bond acceptors (Lipinski definition) is 5. The maximum absolute atomic E-state index is 10.0. The van der Waals surface area contributed by atoms with E-state index >= 15 is 0 Å². The van der Waals surface area contributed by atoms with E-state index in [-0.39, 0.29) is 5.75 Å². The second-order valence-electron chi connectivity index (χ2n) is 6.36. The fourth-order valence-electron chi connectivity index (χ4n) is 2.93. The van der Waals surface area contributed by atoms with E-state index in [9.17, 15) is 5.11 Å². The van der Waals surface area contributed by atoms with Crippen molar-refractivity contribution >= 4 is 45.6 Å². The summed E-state index contributed by atoms with van der Waals surface area (Å²) in [7, 11) is 0. The minimum absolute atomic E-state index is 0.164. The standard InChI is InChI=1S/C22H16Cl2N4O/c1-13(15-6-3-5-9-20(15)29)27-28-22-17-7-2-4-8-19(17)25-21(26-22)16-11-10-14(23)12-18(16)24/h2-12,29H,1H3,(H,25,26,28)/b27-13+. The Morgan fingerprint density at radius 2 is 1.72 bits per heavy atom. The Kier molecular flexibility index (Phi) is 5.34. The van der Waals surface area contributed by atoms with E-state index in [4.69, 9.17) is 23.2 Å². The van der Waals surface area contributed by atoms with Crippen LogP contribution in [0.1, 0.15) is 12.5 Å². The summed E-state index contributed by atoms with van der Waals surface area (Å²) in [6.45, 7) is 1.81. The van der Waals surface area contributed by atoms with Crippen LogP contribution >= 0.6 is 23.2 Å². The summed E-state index contributed by atoms with van der Waals surface area (Å²) in [5, 5.41) is 16.3. The molecule has 0 aliphatic rings. The lowest BCUT2D eigenvalue weighted by atomic mass is 10.1. The van der Waals surface area contributed by atoms with Crippen molar-refractivity contribution in [2.45, 2.75) is 6.92 Å². The molecule has 0 aliphatic carbocycles. The van der Waals surface area contributed by atoms with Crippen molar-refractivity contribution in [2.24, 2.45) is 5.10 Å². The summed E-state index contributed by atoms with van der Waals surface area (Å²) in [6, 6.07) is 19.8. The predicted molar refractivity (Wildman–Crippen MR) is 119 cm³/mol. The summed E-state index contributed by atoms with van der Waals surface area (Å²) in [6.07, 6.45) is 0. The summed E-state index contributed by atoms with van der Waals surface area (Å²) < 4.78 is 0. The van der Waals surface area contributed by atoms with Gasteiger partial charge in [-0.15, -0.1) is 0 Å². The Morgan fingerprint density at radius 3 is 2.52 bits per heavy atom. The fourth-order valence-corrected chi connectivity index (χ4v) is 3.42. The molecule has 0 spiro atoms. The Bertz CT molecular complexity index is 1240. The third kappa shape index (κ3) is 4.01. The first-order chi connectivity index (χ1) is 14.0. The highest BCUT2D eigenvalue weighted by atomic mass is 35.5. The predicted octanol–water partition coefficient (Wildman–Crippen LogP) is 6.15. The van der Waals surface area contributed by atoms with Crippen LogP contribution in [0.5, 0.6) is 5.75 Å². The molecule has 0 radical (unpaired) electrons. The number of hydrogen-bond donors (Lipinski definition) is 2. The van der Waals surface area contributed by atoms with E-state index in [0.717, 1.165) is 10.9 Å². The second kappa shape index (κ2) is 8.07. The molecular formula is C22H16Cl2N4O. The molecule has 3 aromatic carbocycles. The number of fused-ring (bicyclic) bond motifs is 1. The summed E-state index contributed by atoms with van der Waals surface area (Å²) >= 11 is 12.4. The van der Waals surface area contributed by atoms with Gasteiger partial charge in [-0.25, -0.2) is 9.97 Å². The zero-order chi connectivity index (χ0) is 20.4. The SMILES string of the molecule is C/C(=N\Nc1nc(-c2ccc(Cl)cc2Cl)nc2ccccc12)c1ccccc1O. The maximum Gasteiger partial charge on any atom is 0.163 e. The van der Waals surface area contributed by atoms with Crippen LogP contribution in [-0.4, -0.2) is 20.8 Å². The topological polar surface area (TPSA) is 70.4 Å². The number of phenols is 1. The molecule has 2 N–H and O–H groups in total. The van der Waals surface area contributed by atoms with Crippen molar-refractivity contribution in [3.05, 3.63) is 82.3 Å². The van der Waals surface area contributed by atoms with Gasteiger partial charge in [0.25, 0.3) is 0 Å². The minimum atomic E-state index is 0.164. The highest BCUT2D eigenvalue weighted by Crippen LogP contribution is 2.31. The molecule has 5 nitrogen and oxygen atoms in total. The van der Waals surface area contributed by atoms with Gasteiger partial charge in [-0.1, -0.05) is 47.5 Å². The van der Waals surface area contributed by atoms with Crippen LogP contribution in [0.15, 0.2) is 71.8 Å². The number of anilines is 1. The van der Waals surface area contributed by atoms with E-state index in [2.05, 4.69) is 20.5 Å². The lowest BCUT2D eigenvalue weighted by Crippen LogP contribution is -2.03. The van der Waals surface area contributed by atoms with E-state index in [0.29, 0.717) is 38.5 Å². The number of nitrogens with zero attached hydrogens (tertiary/aromatic N) is 3. The highest BCUT2D eigenvalue weighted by molar-refractivity contribution is 6.36. The second-order valence-corrected chi connectivity index (χ2v) is 7.21. The highest BCUT2D eigenvalue weighted by Gasteiger charge is 2.12. The molecule has 0 bridgehead atoms. The molecule has 0 aliphatic heterocycles. The van der Waals surface area contributed by atoms with Gasteiger partial charge in [0.1, 0.15) is 5.75 Å². The van der Waals surface area contributed by atoms with Gasteiger partial charge >= 0.3 is 0 Å². The van der Waals surface area contributed by atoms with Crippen LogP contribution in [0.25, 0.3) is 22.3 Å². The Labute approximate surface area is 177 Å². The van der Waals surface area contributed by atoms with Crippen LogP contribution in [0.3, 0.4) is 0 Å². The molecule has 0 unspecified atom stereocenters. The lowest BCUT2D eigenvalue weighted by molar-refractivity contribution is 0.474. The van der Waals surface area contributed by atoms with Crippen molar-refractivity contribution in [1.82, 2.24) is 9.97 Å². The van der Waals surface area contributed by atoms with E-state index < -0.39 is 0 Å². The zero-order valence-electron chi connectivity index (χ0n) is 15.4. The molecule has 4 aromatic rings. The smallest absolute Gasteiger partial charge is 0.163 e. The Hall–Kier alpha value is -3.15. The van der Waals surface area contributed by atoms with Gasteiger partial charge in [-0.05, 0) is 49.4 Å². The molecule has 144 valence electrons. The molecule has 0 saturated heterocycles. The van der Waals surface area contributed by atoms with Gasteiger partial charge in [0.15, 0.2) is 11.6 Å². The minimum Gasteiger partial charge on any atom is -0.507 e. The van der Waals surface area contributed by atoms with E-state index in [1.807, 2.05) is 37.3 Å². The summed E-state index contributed by atoms with van der Waals surface area (Å²) in [4.78, 5) is 9.26. The number of hydrazone groups is 1. The Balaban J connectivity index is 1.79. The first-order valence-electron chi connectivity index (χ1n) is 8.84. The molecule has 0 atom stereocenters. The largest absolute Gasteiger partial charge is 0.507 e. The number of nitrogens with one attached hydrogen (secondary N) is 1. The number of aromatic hydroxyl groups is 1. The van der Waals surface area contributed by atoms with E-state index in [1.54, 1.807) is 36.4 Å². The summed E-state index contributed by atoms with van der Waals surface area (Å²) in [5.41, 5.74) is 5.69. The average molecular weight is 423 g/mol. The third-order valence-electron chi connectivity index (χ3n) is 4.40. The normalized spacial score (nSPS) is 11.6. The van der Waals surface area contributed by atoms with Gasteiger partial charge < -0.3 is 5.11 Å². The van der Waals surface area contributed by atoms with Crippen molar-refractivity contribution in [3.8, 4) is 17.1 Å². The number of halogens is 2. The van der Waals surface area contributed by atoms with Gasteiger partial charge in [-0.2, -0.15) is 5.10 Å². The monoisotopic (exact) mass is 422 g/mol. The molecule has 0 fully saturated rings. The van der Waals surface area contributed by atoms with Crippen molar-refractivity contribution in [1.29, 1.82) is 0 Å². The van der Waals surface area contributed by atoms with Crippen LogP contribution < -0.4 is 5.43 Å². The van der Waals surface area contributed by atoms with Gasteiger partial charge in [0.05, 0.1) is 16.3 Å². The van der Waals surface area contributed by atoms with Crippen LogP contribution in [-0.2, 0) is 0 Å². The number of rotatable bonds is 4. The van der Waals surface area contributed by atoms with Gasteiger partial charge in [-0.3, -0.25) is 5.43 Å². The number of benzene rings is 3. The van der Waals surface area contributed by atoms with Gasteiger partial charge in [0, 0.05) is 21.5 Å². The third-order valence-corrected chi connectivity index (χ3v) is 4.95.